The summed E-state index contributed by atoms with van der Waals surface area (Å²) in [5.41, 5.74) is 0.942. The number of hydrogen-bond donors (Lipinski definition) is 0. The number of fused-ring (bicyclic) bond motifs is 1. The van der Waals surface area contributed by atoms with Crippen molar-refractivity contribution in [1.82, 2.24) is 14.2 Å². The maximum Gasteiger partial charge on any atom is 0.252 e. The number of nitrogens with zero attached hydrogens (tertiary/aromatic N) is 4. The third kappa shape index (κ3) is 5.75. The Kier molecular flexibility index (Phi) is 8.88. The number of thiophene rings is 1. The number of benzene rings is 1. The highest BCUT2D eigenvalue weighted by Gasteiger charge is 2.35. The van der Waals surface area contributed by atoms with Crippen molar-refractivity contribution in [2.75, 3.05) is 50.4 Å². The number of carbonyl (C=O) groups is 1. The third-order valence-electron chi connectivity index (χ3n) is 6.51. The highest BCUT2D eigenvalue weighted by Crippen LogP contribution is 2.35. The molecule has 0 aliphatic carbocycles. The van der Waals surface area contributed by atoms with Gasteiger partial charge in [0.2, 0.25) is 5.91 Å². The molecule has 4 rings (SSSR count). The van der Waals surface area contributed by atoms with Crippen molar-refractivity contribution < 1.29 is 13.2 Å². The van der Waals surface area contributed by atoms with Crippen LogP contribution in [0.2, 0.25) is 0 Å². The summed E-state index contributed by atoms with van der Waals surface area (Å²) in [6.07, 6.45) is 3.08. The van der Waals surface area contributed by atoms with Crippen LogP contribution in [0.5, 0.6) is 0 Å². The molecule has 0 N–H and O–H groups in total. The summed E-state index contributed by atoms with van der Waals surface area (Å²) in [5, 5.41) is 2.50. The van der Waals surface area contributed by atoms with E-state index in [1.165, 1.54) is 15.6 Å². The molecule has 0 radical (unpaired) electrons. The number of thioether (sulfide) groups is 1. The van der Waals surface area contributed by atoms with Gasteiger partial charge in [-0.05, 0) is 55.8 Å². The van der Waals surface area contributed by atoms with Gasteiger partial charge in [-0.15, -0.1) is 23.1 Å². The van der Waals surface area contributed by atoms with Gasteiger partial charge in [0.15, 0.2) is 5.13 Å². The largest absolute Gasteiger partial charge is 0.302 e. The van der Waals surface area contributed by atoms with E-state index in [1.807, 2.05) is 17.2 Å². The van der Waals surface area contributed by atoms with Gasteiger partial charge < -0.3 is 4.90 Å². The second-order valence-electron chi connectivity index (χ2n) is 8.43. The minimum Gasteiger partial charge on any atom is -0.302 e. The fourth-order valence-corrected chi connectivity index (χ4v) is 8.64. The summed E-state index contributed by atoms with van der Waals surface area (Å²) in [7, 11) is -3.49. The normalized spacial score (nSPS) is 15.8. The predicted molar refractivity (Wildman–Crippen MR) is 147 cm³/mol. The van der Waals surface area contributed by atoms with Gasteiger partial charge in [0.05, 0.1) is 10.2 Å². The summed E-state index contributed by atoms with van der Waals surface area (Å²) in [4.78, 5) is 24.0. The number of carbonyl (C=O) groups excluding carboxylic acids is 1. The van der Waals surface area contributed by atoms with Crippen LogP contribution in [0, 0.1) is 5.92 Å². The van der Waals surface area contributed by atoms with E-state index in [0.717, 1.165) is 39.9 Å². The number of thiazole rings is 1. The zero-order valence-corrected chi connectivity index (χ0v) is 23.6. The van der Waals surface area contributed by atoms with Gasteiger partial charge in [0, 0.05) is 37.0 Å². The number of aromatic nitrogens is 1. The molecule has 35 heavy (non-hydrogen) atoms. The van der Waals surface area contributed by atoms with Gasteiger partial charge in [-0.1, -0.05) is 37.3 Å². The van der Waals surface area contributed by atoms with Gasteiger partial charge in [0.25, 0.3) is 10.0 Å². The molecular formula is C24H32N4O3S4. The standard InChI is InChI=1S/C24H32N4O3S4/c1-4-26(5-2)15-16-28(24-25-22-19(32-3)8-6-9-20(22)34-24)23(29)18-11-13-27(14-12-18)35(30,31)21-10-7-17-33-21/h6-10,17-18H,4-5,11-16H2,1-3H3. The van der Waals surface area contributed by atoms with Crippen molar-refractivity contribution in [2.24, 2.45) is 5.92 Å². The van der Waals surface area contributed by atoms with E-state index in [4.69, 9.17) is 4.98 Å². The van der Waals surface area contributed by atoms with Gasteiger partial charge >= 0.3 is 0 Å². The lowest BCUT2D eigenvalue weighted by molar-refractivity contribution is -0.123. The van der Waals surface area contributed by atoms with E-state index in [1.54, 1.807) is 40.6 Å². The van der Waals surface area contributed by atoms with Gasteiger partial charge in [-0.2, -0.15) is 4.31 Å². The molecule has 1 aliphatic rings. The fraction of sp³-hybridized carbons (Fsp3) is 0.500. The number of piperidine rings is 1. The second kappa shape index (κ2) is 11.7. The number of para-hydroxylation sites is 1. The molecule has 0 spiro atoms. The monoisotopic (exact) mass is 552 g/mol. The molecule has 1 amide bonds. The predicted octanol–water partition coefficient (Wildman–Crippen LogP) is 4.86. The summed E-state index contributed by atoms with van der Waals surface area (Å²) < 4.78 is 28.8. The molecule has 3 heterocycles. The first-order valence-electron chi connectivity index (χ1n) is 11.9. The second-order valence-corrected chi connectivity index (χ2v) is 13.4. The Morgan fingerprint density at radius 2 is 1.89 bits per heavy atom. The van der Waals surface area contributed by atoms with E-state index < -0.39 is 10.0 Å². The zero-order valence-electron chi connectivity index (χ0n) is 20.3. The Labute approximate surface area is 220 Å². The zero-order chi connectivity index (χ0) is 25.0. The van der Waals surface area contributed by atoms with Crippen molar-refractivity contribution >= 4 is 65.7 Å². The van der Waals surface area contributed by atoms with Crippen molar-refractivity contribution in [1.29, 1.82) is 0 Å². The smallest absolute Gasteiger partial charge is 0.252 e. The average Bonchev–Trinajstić information content (AvgIpc) is 3.57. The molecule has 1 fully saturated rings. The molecule has 0 unspecified atom stereocenters. The average molecular weight is 553 g/mol. The first-order chi connectivity index (χ1) is 16.9. The minimum atomic E-state index is -3.49. The third-order valence-corrected chi connectivity index (χ3v) is 11.6. The fourth-order valence-electron chi connectivity index (χ4n) is 4.37. The number of amides is 1. The van der Waals surface area contributed by atoms with E-state index >= 15 is 0 Å². The highest BCUT2D eigenvalue weighted by atomic mass is 32.2. The van der Waals surface area contributed by atoms with Crippen LogP contribution in [0.4, 0.5) is 5.13 Å². The Bertz CT molecular complexity index is 1230. The highest BCUT2D eigenvalue weighted by molar-refractivity contribution is 7.98. The Morgan fingerprint density at radius 3 is 2.51 bits per heavy atom. The summed E-state index contributed by atoms with van der Waals surface area (Å²) in [5.74, 6) is -0.163. The number of anilines is 1. The number of hydrogen-bond acceptors (Lipinski definition) is 8. The molecule has 1 saturated heterocycles. The van der Waals surface area contributed by atoms with Crippen LogP contribution in [0.1, 0.15) is 26.7 Å². The van der Waals surface area contributed by atoms with E-state index in [9.17, 15) is 13.2 Å². The minimum absolute atomic E-state index is 0.0510. The molecule has 7 nitrogen and oxygen atoms in total. The van der Waals surface area contributed by atoms with E-state index in [0.29, 0.717) is 36.7 Å². The van der Waals surface area contributed by atoms with Crippen molar-refractivity contribution in [2.45, 2.75) is 35.8 Å². The molecule has 190 valence electrons. The van der Waals surface area contributed by atoms with Crippen LogP contribution in [-0.2, 0) is 14.8 Å². The maximum absolute atomic E-state index is 13.8. The molecule has 0 atom stereocenters. The Hall–Kier alpha value is -1.50. The lowest BCUT2D eigenvalue weighted by Gasteiger charge is -2.33. The molecule has 2 aromatic heterocycles. The summed E-state index contributed by atoms with van der Waals surface area (Å²) in [6, 6.07) is 9.53. The van der Waals surface area contributed by atoms with Crippen LogP contribution in [0.15, 0.2) is 44.8 Å². The number of likely N-dealkylation sites (N-methyl/N-ethyl adjacent to an activating group) is 1. The van der Waals surface area contributed by atoms with Crippen LogP contribution >= 0.6 is 34.4 Å². The first kappa shape index (κ1) is 26.6. The number of sulfonamides is 1. The molecule has 11 heteroatoms. The van der Waals surface area contributed by atoms with Crippen LogP contribution < -0.4 is 4.90 Å². The van der Waals surface area contributed by atoms with E-state index in [-0.39, 0.29) is 11.8 Å². The topological polar surface area (TPSA) is 73.8 Å². The Balaban J connectivity index is 1.54. The van der Waals surface area contributed by atoms with Gasteiger partial charge in [-0.3, -0.25) is 9.69 Å². The molecule has 3 aromatic rings. The molecule has 0 saturated carbocycles. The van der Waals surface area contributed by atoms with Crippen LogP contribution in [0.3, 0.4) is 0 Å². The summed E-state index contributed by atoms with van der Waals surface area (Å²) in [6.45, 7) is 8.16. The molecule has 1 aromatic carbocycles. The lowest BCUT2D eigenvalue weighted by atomic mass is 9.96. The lowest BCUT2D eigenvalue weighted by Crippen LogP contribution is -2.46. The molecule has 1 aliphatic heterocycles. The summed E-state index contributed by atoms with van der Waals surface area (Å²) >= 11 is 4.45. The van der Waals surface area contributed by atoms with Crippen molar-refractivity contribution in [3.05, 3.63) is 35.7 Å². The van der Waals surface area contributed by atoms with Gasteiger partial charge in [-0.25, -0.2) is 13.4 Å². The Morgan fingerprint density at radius 1 is 1.14 bits per heavy atom. The molecular weight excluding hydrogens is 521 g/mol. The van der Waals surface area contributed by atoms with Crippen LogP contribution in [-0.4, -0.2) is 74.0 Å². The quantitative estimate of drug-likeness (QED) is 0.335. The van der Waals surface area contributed by atoms with E-state index in [2.05, 4.69) is 30.9 Å². The maximum atomic E-state index is 13.8. The van der Waals surface area contributed by atoms with Crippen molar-refractivity contribution in [3.63, 3.8) is 0 Å². The number of rotatable bonds is 10. The van der Waals surface area contributed by atoms with Crippen molar-refractivity contribution in [3.8, 4) is 0 Å². The van der Waals surface area contributed by atoms with Gasteiger partial charge in [0.1, 0.15) is 4.21 Å². The SMILES string of the molecule is CCN(CC)CCN(C(=O)C1CCN(S(=O)(=O)c2cccs2)CC1)c1nc2c(SC)cccc2s1. The van der Waals surface area contributed by atoms with Crippen LogP contribution in [0.25, 0.3) is 10.2 Å². The first-order valence-corrected chi connectivity index (χ1v) is 16.3. The molecule has 0 bridgehead atoms.